The van der Waals surface area contributed by atoms with Gasteiger partial charge in [0.25, 0.3) is 0 Å². The van der Waals surface area contributed by atoms with Gasteiger partial charge < -0.3 is 10.2 Å². The molecule has 5 heteroatoms. The van der Waals surface area contributed by atoms with Crippen molar-refractivity contribution in [3.8, 4) is 0 Å². The van der Waals surface area contributed by atoms with E-state index in [0.717, 1.165) is 26.2 Å². The van der Waals surface area contributed by atoms with E-state index in [0.29, 0.717) is 17.7 Å². The molecule has 1 unspecified atom stereocenters. The summed E-state index contributed by atoms with van der Waals surface area (Å²) in [5, 5.41) is 7.82. The molecule has 1 aliphatic heterocycles. The second-order valence-electron chi connectivity index (χ2n) is 4.19. The van der Waals surface area contributed by atoms with Crippen molar-refractivity contribution in [1.29, 1.82) is 0 Å². The molecule has 84 valence electrons. The molecule has 0 saturated carbocycles. The highest BCUT2D eigenvalue weighted by molar-refractivity contribution is 4.82. The molecule has 2 N–H and O–H groups in total. The topological polar surface area (TPSA) is 68.2 Å². The van der Waals surface area contributed by atoms with Crippen LogP contribution >= 0.6 is 0 Å². The minimum absolute atomic E-state index is 0.628. The van der Waals surface area contributed by atoms with Crippen LogP contribution in [-0.2, 0) is 6.54 Å². The minimum atomic E-state index is 0.628. The van der Waals surface area contributed by atoms with Gasteiger partial charge in [0.15, 0.2) is 0 Å². The molecule has 1 aromatic rings. The summed E-state index contributed by atoms with van der Waals surface area (Å²) < 4.78 is 5.36. The molecule has 1 aliphatic rings. The number of rotatable bonds is 3. The quantitative estimate of drug-likeness (QED) is 0.789. The molecule has 1 fully saturated rings. The fourth-order valence-corrected chi connectivity index (χ4v) is 2.08. The minimum Gasteiger partial charge on any atom is -0.424 e. The average molecular weight is 210 g/mol. The number of hydrogen-bond donors (Lipinski definition) is 1. The Morgan fingerprint density at radius 2 is 2.40 bits per heavy atom. The van der Waals surface area contributed by atoms with Gasteiger partial charge in [0, 0.05) is 13.5 Å². The third-order valence-electron chi connectivity index (χ3n) is 2.86. The van der Waals surface area contributed by atoms with E-state index in [1.807, 2.05) is 6.92 Å². The highest BCUT2D eigenvalue weighted by Gasteiger charge is 2.20. The Hall–Kier alpha value is -0.940. The van der Waals surface area contributed by atoms with Crippen molar-refractivity contribution in [3.05, 3.63) is 11.8 Å². The summed E-state index contributed by atoms with van der Waals surface area (Å²) in [4.78, 5) is 2.34. The fourth-order valence-electron chi connectivity index (χ4n) is 2.08. The van der Waals surface area contributed by atoms with Gasteiger partial charge in [-0.05, 0) is 31.8 Å². The number of nitrogens with two attached hydrogens (primary N) is 1. The Bertz CT molecular complexity index is 312. The van der Waals surface area contributed by atoms with Crippen molar-refractivity contribution >= 4 is 0 Å². The molecule has 2 rings (SSSR count). The van der Waals surface area contributed by atoms with Crippen molar-refractivity contribution in [2.75, 3.05) is 19.6 Å². The fraction of sp³-hybridized carbons (Fsp3) is 0.800. The van der Waals surface area contributed by atoms with E-state index >= 15 is 0 Å². The van der Waals surface area contributed by atoms with E-state index < -0.39 is 0 Å². The maximum atomic E-state index is 5.68. The zero-order valence-electron chi connectivity index (χ0n) is 9.15. The van der Waals surface area contributed by atoms with Crippen molar-refractivity contribution in [2.24, 2.45) is 11.7 Å². The normalized spacial score (nSPS) is 23.2. The standard InChI is InChI=1S/C10H18N4O/c1-8-12-13-10(15-8)7-14-4-2-3-9(5-11)6-14/h9H,2-7,11H2,1H3. The van der Waals surface area contributed by atoms with Gasteiger partial charge in [-0.25, -0.2) is 0 Å². The average Bonchev–Trinajstić information content (AvgIpc) is 2.64. The van der Waals surface area contributed by atoms with Crippen LogP contribution in [0.5, 0.6) is 0 Å². The monoisotopic (exact) mass is 210 g/mol. The third kappa shape index (κ3) is 2.76. The van der Waals surface area contributed by atoms with E-state index in [-0.39, 0.29) is 0 Å². The van der Waals surface area contributed by atoms with Crippen LogP contribution in [0.1, 0.15) is 24.6 Å². The molecule has 0 bridgehead atoms. The molecule has 0 aliphatic carbocycles. The Labute approximate surface area is 89.6 Å². The molecule has 5 nitrogen and oxygen atoms in total. The van der Waals surface area contributed by atoms with Gasteiger partial charge in [0.1, 0.15) is 0 Å². The van der Waals surface area contributed by atoms with E-state index in [9.17, 15) is 0 Å². The molecule has 0 radical (unpaired) electrons. The van der Waals surface area contributed by atoms with E-state index in [2.05, 4.69) is 15.1 Å². The van der Waals surface area contributed by atoms with Gasteiger partial charge in [-0.15, -0.1) is 10.2 Å². The number of nitrogens with zero attached hydrogens (tertiary/aromatic N) is 3. The molecular weight excluding hydrogens is 192 g/mol. The summed E-state index contributed by atoms with van der Waals surface area (Å²) in [6, 6.07) is 0. The molecule has 0 spiro atoms. The largest absolute Gasteiger partial charge is 0.424 e. The molecule has 2 heterocycles. The SMILES string of the molecule is Cc1nnc(CN2CCCC(CN)C2)o1. The summed E-state index contributed by atoms with van der Waals surface area (Å²) in [5.74, 6) is 1.98. The van der Waals surface area contributed by atoms with Gasteiger partial charge in [-0.1, -0.05) is 0 Å². The molecular formula is C10H18N4O. The summed E-state index contributed by atoms with van der Waals surface area (Å²) in [6.07, 6.45) is 2.46. The van der Waals surface area contributed by atoms with E-state index in [1.54, 1.807) is 0 Å². The second-order valence-corrected chi connectivity index (χ2v) is 4.19. The first-order valence-corrected chi connectivity index (χ1v) is 5.49. The van der Waals surface area contributed by atoms with Crippen LogP contribution < -0.4 is 5.73 Å². The zero-order valence-corrected chi connectivity index (χ0v) is 9.15. The number of piperidine rings is 1. The Morgan fingerprint density at radius 3 is 3.07 bits per heavy atom. The lowest BCUT2D eigenvalue weighted by Crippen LogP contribution is -2.37. The predicted molar refractivity (Wildman–Crippen MR) is 56.1 cm³/mol. The van der Waals surface area contributed by atoms with Crippen LogP contribution in [0.15, 0.2) is 4.42 Å². The van der Waals surface area contributed by atoms with Crippen molar-refractivity contribution in [1.82, 2.24) is 15.1 Å². The molecule has 1 atom stereocenters. The number of aryl methyl sites for hydroxylation is 1. The lowest BCUT2D eigenvalue weighted by atomic mass is 9.98. The maximum absolute atomic E-state index is 5.68. The van der Waals surface area contributed by atoms with Gasteiger partial charge in [0.05, 0.1) is 6.54 Å². The first-order chi connectivity index (χ1) is 7.28. The second kappa shape index (κ2) is 4.72. The van der Waals surface area contributed by atoms with Crippen molar-refractivity contribution < 1.29 is 4.42 Å². The Balaban J connectivity index is 1.88. The van der Waals surface area contributed by atoms with Crippen LogP contribution in [0.4, 0.5) is 0 Å². The summed E-state index contributed by atoms with van der Waals surface area (Å²) in [6.45, 7) is 5.52. The Morgan fingerprint density at radius 1 is 1.53 bits per heavy atom. The Kier molecular flexibility index (Phi) is 3.33. The number of hydrogen-bond acceptors (Lipinski definition) is 5. The number of aromatic nitrogens is 2. The highest BCUT2D eigenvalue weighted by Crippen LogP contribution is 2.17. The molecule has 0 aromatic carbocycles. The molecule has 1 aromatic heterocycles. The lowest BCUT2D eigenvalue weighted by molar-refractivity contribution is 0.157. The van der Waals surface area contributed by atoms with Crippen molar-refractivity contribution in [2.45, 2.75) is 26.3 Å². The highest BCUT2D eigenvalue weighted by atomic mass is 16.4. The first kappa shape index (κ1) is 10.6. The number of likely N-dealkylation sites (tertiary alicyclic amines) is 1. The van der Waals surface area contributed by atoms with Crippen LogP contribution in [0, 0.1) is 12.8 Å². The smallest absolute Gasteiger partial charge is 0.230 e. The lowest BCUT2D eigenvalue weighted by Gasteiger charge is -2.30. The maximum Gasteiger partial charge on any atom is 0.230 e. The van der Waals surface area contributed by atoms with Gasteiger partial charge in [-0.2, -0.15) is 0 Å². The van der Waals surface area contributed by atoms with Crippen LogP contribution in [0.25, 0.3) is 0 Å². The van der Waals surface area contributed by atoms with Gasteiger partial charge in [-0.3, -0.25) is 4.90 Å². The van der Waals surface area contributed by atoms with Gasteiger partial charge in [0.2, 0.25) is 11.8 Å². The van der Waals surface area contributed by atoms with Crippen molar-refractivity contribution in [3.63, 3.8) is 0 Å². The van der Waals surface area contributed by atoms with Gasteiger partial charge >= 0.3 is 0 Å². The third-order valence-corrected chi connectivity index (χ3v) is 2.86. The first-order valence-electron chi connectivity index (χ1n) is 5.49. The summed E-state index contributed by atoms with van der Waals surface area (Å²) >= 11 is 0. The van der Waals surface area contributed by atoms with Crippen LogP contribution in [0.2, 0.25) is 0 Å². The van der Waals surface area contributed by atoms with Crippen LogP contribution in [0.3, 0.4) is 0 Å². The molecule has 15 heavy (non-hydrogen) atoms. The van der Waals surface area contributed by atoms with Crippen LogP contribution in [-0.4, -0.2) is 34.7 Å². The summed E-state index contributed by atoms with van der Waals surface area (Å²) in [7, 11) is 0. The van der Waals surface area contributed by atoms with E-state index in [1.165, 1.54) is 12.8 Å². The zero-order chi connectivity index (χ0) is 10.7. The summed E-state index contributed by atoms with van der Waals surface area (Å²) in [5.41, 5.74) is 5.68. The van der Waals surface area contributed by atoms with E-state index in [4.69, 9.17) is 10.2 Å². The molecule has 1 saturated heterocycles. The molecule has 0 amide bonds. The predicted octanol–water partition coefficient (Wildman–Crippen LogP) is 0.549.